The van der Waals surface area contributed by atoms with Crippen LogP contribution < -0.4 is 0 Å². The van der Waals surface area contributed by atoms with Crippen molar-refractivity contribution in [3.63, 3.8) is 0 Å². The minimum absolute atomic E-state index is 0.0144. The lowest BCUT2D eigenvalue weighted by Gasteiger charge is -2.13. The maximum atomic E-state index is 10.5. The van der Waals surface area contributed by atoms with E-state index in [9.17, 15) is 4.79 Å². The van der Waals surface area contributed by atoms with Crippen LogP contribution in [0.3, 0.4) is 0 Å². The first kappa shape index (κ1) is 7.25. The smallest absolute Gasteiger partial charge is 0.210 e. The number of ether oxygens (including phenoxy) is 1. The molecule has 0 bridgehead atoms. The topological polar surface area (TPSA) is 46.5 Å². The Morgan fingerprint density at radius 2 is 2.45 bits per heavy atom. The molecule has 1 saturated heterocycles. The van der Waals surface area contributed by atoms with Crippen LogP contribution in [0.4, 0.5) is 0 Å². The van der Waals surface area contributed by atoms with E-state index < -0.39 is 0 Å². The molecular weight excluding hydrogens is 144 g/mol. The molecule has 1 aliphatic heterocycles. The summed E-state index contributed by atoms with van der Waals surface area (Å²) in [5.41, 5.74) is 0. The maximum absolute atomic E-state index is 10.5. The van der Waals surface area contributed by atoms with E-state index in [-0.39, 0.29) is 24.0 Å². The van der Waals surface area contributed by atoms with Gasteiger partial charge in [-0.1, -0.05) is 6.92 Å². The number of rotatable bonds is 3. The molecule has 1 unspecified atom stereocenters. The molecule has 0 radical (unpaired) electrons. The van der Waals surface area contributed by atoms with Crippen molar-refractivity contribution in [2.75, 3.05) is 6.61 Å². The molecule has 4 atom stereocenters. The van der Waals surface area contributed by atoms with Crippen LogP contribution >= 0.6 is 0 Å². The van der Waals surface area contributed by atoms with Crippen LogP contribution in [-0.4, -0.2) is 31.6 Å². The van der Waals surface area contributed by atoms with Crippen molar-refractivity contribution in [1.29, 1.82) is 1.43 Å². The second-order valence-electron chi connectivity index (χ2n) is 3.13. The van der Waals surface area contributed by atoms with Gasteiger partial charge < -0.3 is 14.6 Å². The molecule has 0 aromatic carbocycles. The Balaban J connectivity index is 2.56. The molecule has 0 saturated carbocycles. The Kier molecular flexibility index (Phi) is 2.19. The molecule has 0 aliphatic carbocycles. The molecule has 3 heteroatoms. The van der Waals surface area contributed by atoms with Crippen LogP contribution in [-0.2, 0) is 9.53 Å². The number of hydrogen-bond donors (Lipinski definition) is 1. The van der Waals surface area contributed by atoms with Gasteiger partial charge in [-0.2, -0.15) is 0 Å². The summed E-state index contributed by atoms with van der Waals surface area (Å²) in [6, 6.07) is 0. The Morgan fingerprint density at radius 1 is 1.73 bits per heavy atom. The molecule has 1 fully saturated rings. The van der Waals surface area contributed by atoms with E-state index in [4.69, 9.17) is 6.17 Å². The van der Waals surface area contributed by atoms with Crippen molar-refractivity contribution in [2.24, 2.45) is 11.8 Å². The lowest BCUT2D eigenvalue weighted by atomic mass is 9.90. The Labute approximate surface area is 67.8 Å². The maximum Gasteiger partial charge on any atom is 0.210 e. The zero-order valence-electron chi connectivity index (χ0n) is 7.82. The van der Waals surface area contributed by atoms with Gasteiger partial charge in [-0.15, -0.1) is 0 Å². The normalized spacial score (nSPS) is 45.5. The summed E-state index contributed by atoms with van der Waals surface area (Å²) < 4.78 is 12.0. The number of aliphatic hydroxyl groups is 1. The number of aldehydes is 1. The number of carbonyl (C=O) groups excluding carboxylic acids is 1. The lowest BCUT2D eigenvalue weighted by molar-refractivity contribution is -0.118. The van der Waals surface area contributed by atoms with Gasteiger partial charge in [0.25, 0.3) is 0 Å². The Bertz CT molecular complexity index is 162. The molecule has 1 N–H and O–H groups in total. The summed E-state index contributed by atoms with van der Waals surface area (Å²) in [5.74, 6) is 0.320. The van der Waals surface area contributed by atoms with Gasteiger partial charge in [0.2, 0.25) is 1.43 Å². The Morgan fingerprint density at radius 3 is 2.91 bits per heavy atom. The van der Waals surface area contributed by atoms with E-state index in [1.165, 1.54) is 0 Å². The quantitative estimate of drug-likeness (QED) is 0.599. The molecule has 1 aliphatic rings. The van der Waals surface area contributed by atoms with E-state index in [0.717, 1.165) is 6.29 Å². The minimum Gasteiger partial charge on any atom is -0.396 e. The van der Waals surface area contributed by atoms with Crippen LogP contribution in [0.1, 0.15) is 13.8 Å². The van der Waals surface area contributed by atoms with Crippen molar-refractivity contribution in [3.8, 4) is 0 Å². The Hall–Kier alpha value is -0.410. The molecule has 11 heavy (non-hydrogen) atoms. The van der Waals surface area contributed by atoms with Gasteiger partial charge in [0.1, 0.15) is 12.4 Å². The standard InChI is InChI=1S/C8H14O3/c1-5-7(3-9)6(2)11-8(5)4-10/h4-9H,3H2,1-2H3/t5-,6-,7?,8-/m1/s1/i9D. The fourth-order valence-corrected chi connectivity index (χ4v) is 1.59. The van der Waals surface area contributed by atoms with Crippen LogP contribution in [0.25, 0.3) is 0 Å². The molecule has 1 heterocycles. The third kappa shape index (κ3) is 1.44. The summed E-state index contributed by atoms with van der Waals surface area (Å²) in [7, 11) is 0. The van der Waals surface area contributed by atoms with Crippen LogP contribution in [0, 0.1) is 11.8 Å². The van der Waals surface area contributed by atoms with Gasteiger partial charge >= 0.3 is 0 Å². The predicted molar refractivity (Wildman–Crippen MR) is 40.1 cm³/mol. The fraction of sp³-hybridized carbons (Fsp3) is 0.875. The van der Waals surface area contributed by atoms with Crippen molar-refractivity contribution < 1.29 is 14.6 Å². The van der Waals surface area contributed by atoms with E-state index in [0.29, 0.717) is 6.61 Å². The average Bonchev–Trinajstić information content (AvgIpc) is 2.32. The summed E-state index contributed by atoms with van der Waals surface area (Å²) in [6.45, 7) is 4.20. The zero-order chi connectivity index (χ0) is 9.14. The molecule has 64 valence electrons. The number of hydrogen-bond acceptors (Lipinski definition) is 3. The summed E-state index contributed by atoms with van der Waals surface area (Å²) in [6.07, 6.45) is 0.520. The van der Waals surface area contributed by atoms with Crippen LogP contribution in [0.15, 0.2) is 0 Å². The average molecular weight is 159 g/mol. The van der Waals surface area contributed by atoms with Crippen molar-refractivity contribution in [3.05, 3.63) is 0 Å². The number of carbonyl (C=O) groups is 1. The fourth-order valence-electron chi connectivity index (χ4n) is 1.59. The summed E-state index contributed by atoms with van der Waals surface area (Å²) >= 11 is 0. The number of aliphatic hydroxyl groups excluding tert-OH is 1. The van der Waals surface area contributed by atoms with E-state index >= 15 is 0 Å². The van der Waals surface area contributed by atoms with Gasteiger partial charge in [0.15, 0.2) is 0 Å². The van der Waals surface area contributed by atoms with Crippen LogP contribution in [0.5, 0.6) is 0 Å². The summed E-state index contributed by atoms with van der Waals surface area (Å²) in [5, 5.41) is 4.31. The van der Waals surface area contributed by atoms with E-state index in [1.54, 1.807) is 0 Å². The largest absolute Gasteiger partial charge is 0.396 e. The predicted octanol–water partition coefficient (Wildman–Crippen LogP) is 0.217. The van der Waals surface area contributed by atoms with Gasteiger partial charge in [-0.3, -0.25) is 0 Å². The van der Waals surface area contributed by atoms with Crippen molar-refractivity contribution >= 4 is 6.29 Å². The first-order chi connectivity index (χ1) is 5.70. The highest BCUT2D eigenvalue weighted by Gasteiger charge is 2.38. The first-order valence-electron chi connectivity index (χ1n) is 4.30. The molecule has 0 spiro atoms. The second-order valence-corrected chi connectivity index (χ2v) is 3.13. The third-order valence-corrected chi connectivity index (χ3v) is 2.49. The van der Waals surface area contributed by atoms with Crippen LogP contribution in [0.2, 0.25) is 0 Å². The van der Waals surface area contributed by atoms with Gasteiger partial charge in [0.05, 0.1) is 6.10 Å². The molecule has 0 amide bonds. The first-order valence-corrected chi connectivity index (χ1v) is 3.89. The highest BCUT2D eigenvalue weighted by atomic mass is 16.5. The molecule has 1 rings (SSSR count). The second kappa shape index (κ2) is 3.32. The van der Waals surface area contributed by atoms with Crippen molar-refractivity contribution in [1.82, 2.24) is 0 Å². The van der Waals surface area contributed by atoms with Gasteiger partial charge in [0, 0.05) is 12.5 Å². The monoisotopic (exact) mass is 159 g/mol. The van der Waals surface area contributed by atoms with Gasteiger partial charge in [-0.05, 0) is 12.8 Å². The van der Waals surface area contributed by atoms with E-state index in [2.05, 4.69) is 5.11 Å². The lowest BCUT2D eigenvalue weighted by Crippen LogP contribution is -2.22. The third-order valence-electron chi connectivity index (χ3n) is 2.49. The minimum atomic E-state index is -0.319. The molecule has 3 nitrogen and oxygen atoms in total. The molecular formula is C8H14O3. The van der Waals surface area contributed by atoms with E-state index in [1.807, 2.05) is 13.8 Å². The molecule has 0 aromatic heterocycles. The molecule has 0 aromatic rings. The highest BCUT2D eigenvalue weighted by molar-refractivity contribution is 5.57. The summed E-state index contributed by atoms with van der Waals surface area (Å²) in [4.78, 5) is 10.5. The van der Waals surface area contributed by atoms with Crippen molar-refractivity contribution in [2.45, 2.75) is 26.1 Å². The SMILES string of the molecule is [2H]OCC1[C@@H](C)[C@@H](C=O)O[C@@H]1C. The highest BCUT2D eigenvalue weighted by Crippen LogP contribution is 2.30. The van der Waals surface area contributed by atoms with Gasteiger partial charge in [-0.25, -0.2) is 0 Å². The zero-order valence-corrected chi connectivity index (χ0v) is 6.82.